The molecule has 0 aromatic carbocycles. The average molecular weight is 341 g/mol. The summed E-state index contributed by atoms with van der Waals surface area (Å²) >= 11 is 3.75. The number of nitrogens with zero attached hydrogens (tertiary/aromatic N) is 3. The van der Waals surface area contributed by atoms with Crippen LogP contribution in [0.3, 0.4) is 0 Å². The molecule has 0 radical (unpaired) electrons. The predicted molar refractivity (Wildman–Crippen MR) is 99.2 cm³/mol. The lowest BCUT2D eigenvalue weighted by molar-refractivity contribution is 0.470. The minimum absolute atomic E-state index is 0.205. The Morgan fingerprint density at radius 3 is 2.77 bits per heavy atom. The van der Waals surface area contributed by atoms with Gasteiger partial charge in [0.1, 0.15) is 5.01 Å². The van der Waals surface area contributed by atoms with Crippen molar-refractivity contribution in [1.29, 1.82) is 0 Å². The highest BCUT2D eigenvalue weighted by Crippen LogP contribution is 2.27. The Hall–Kier alpha value is -0.750. The monoisotopic (exact) mass is 340 g/mol. The Morgan fingerprint density at radius 2 is 2.14 bits per heavy atom. The Kier molecular flexibility index (Phi) is 6.15. The summed E-state index contributed by atoms with van der Waals surface area (Å²) in [5.41, 5.74) is 1.34. The van der Waals surface area contributed by atoms with Crippen molar-refractivity contribution < 1.29 is 0 Å². The third-order valence-corrected chi connectivity index (χ3v) is 6.45. The SMILES string of the molecule is CN=C(NCC(C)(C)SC)N(C)Cc1nc2c(s1)CCCC2. The quantitative estimate of drug-likeness (QED) is 0.660. The zero-order chi connectivity index (χ0) is 16.2. The first kappa shape index (κ1) is 17.6. The molecule has 0 bridgehead atoms. The normalized spacial score (nSPS) is 15.6. The minimum atomic E-state index is 0.205. The third kappa shape index (κ3) is 4.62. The fraction of sp³-hybridized carbons (Fsp3) is 0.750. The molecule has 0 aliphatic heterocycles. The highest BCUT2D eigenvalue weighted by Gasteiger charge is 2.19. The van der Waals surface area contributed by atoms with Gasteiger partial charge in [-0.3, -0.25) is 4.99 Å². The summed E-state index contributed by atoms with van der Waals surface area (Å²) in [5, 5.41) is 4.68. The summed E-state index contributed by atoms with van der Waals surface area (Å²) < 4.78 is 0.205. The number of rotatable bonds is 5. The first-order valence-corrected chi connectivity index (χ1v) is 9.93. The fourth-order valence-corrected chi connectivity index (χ4v) is 3.93. The Balaban J connectivity index is 1.94. The summed E-state index contributed by atoms with van der Waals surface area (Å²) in [7, 11) is 3.93. The zero-order valence-electron chi connectivity index (χ0n) is 14.4. The maximum absolute atomic E-state index is 4.82. The second kappa shape index (κ2) is 7.68. The Bertz CT molecular complexity index is 499. The van der Waals surface area contributed by atoms with E-state index in [1.165, 1.54) is 34.8 Å². The van der Waals surface area contributed by atoms with Gasteiger partial charge in [0.05, 0.1) is 12.2 Å². The van der Waals surface area contributed by atoms with E-state index in [4.69, 9.17) is 4.98 Å². The lowest BCUT2D eigenvalue weighted by Gasteiger charge is -2.27. The van der Waals surface area contributed by atoms with E-state index in [2.05, 4.69) is 42.4 Å². The van der Waals surface area contributed by atoms with Crippen LogP contribution in [-0.4, -0.2) is 47.5 Å². The summed E-state index contributed by atoms with van der Waals surface area (Å²) in [6.07, 6.45) is 7.13. The first-order chi connectivity index (χ1) is 10.4. The topological polar surface area (TPSA) is 40.5 Å². The van der Waals surface area contributed by atoms with Crippen molar-refractivity contribution in [2.75, 3.05) is 26.9 Å². The second-order valence-electron chi connectivity index (χ2n) is 6.41. The molecule has 6 heteroatoms. The van der Waals surface area contributed by atoms with Gasteiger partial charge in [-0.25, -0.2) is 4.98 Å². The second-order valence-corrected chi connectivity index (χ2v) is 9.09. The summed E-state index contributed by atoms with van der Waals surface area (Å²) in [5.74, 6) is 0.940. The molecule has 0 spiro atoms. The van der Waals surface area contributed by atoms with Gasteiger partial charge in [-0.15, -0.1) is 11.3 Å². The molecule has 1 heterocycles. The van der Waals surface area contributed by atoms with Crippen molar-refractivity contribution in [3.63, 3.8) is 0 Å². The summed E-state index contributed by atoms with van der Waals surface area (Å²) in [4.78, 5) is 12.9. The molecule has 1 N–H and O–H groups in total. The van der Waals surface area contributed by atoms with Gasteiger partial charge in [0.25, 0.3) is 0 Å². The molecule has 0 amide bonds. The van der Waals surface area contributed by atoms with Gasteiger partial charge >= 0.3 is 0 Å². The van der Waals surface area contributed by atoms with E-state index >= 15 is 0 Å². The number of guanidine groups is 1. The van der Waals surface area contributed by atoms with Crippen LogP contribution in [0.15, 0.2) is 4.99 Å². The Labute approximate surface area is 142 Å². The molecule has 22 heavy (non-hydrogen) atoms. The number of aromatic nitrogens is 1. The van der Waals surface area contributed by atoms with Crippen LogP contribution in [0.25, 0.3) is 0 Å². The van der Waals surface area contributed by atoms with Crippen molar-refractivity contribution in [3.8, 4) is 0 Å². The van der Waals surface area contributed by atoms with Crippen LogP contribution in [0.1, 0.15) is 42.3 Å². The Morgan fingerprint density at radius 1 is 1.41 bits per heavy atom. The lowest BCUT2D eigenvalue weighted by Crippen LogP contribution is -2.43. The van der Waals surface area contributed by atoms with Crippen molar-refractivity contribution in [2.24, 2.45) is 4.99 Å². The van der Waals surface area contributed by atoms with E-state index in [0.717, 1.165) is 25.5 Å². The zero-order valence-corrected chi connectivity index (χ0v) is 16.0. The van der Waals surface area contributed by atoms with E-state index in [1.807, 2.05) is 30.1 Å². The molecule has 124 valence electrons. The summed E-state index contributed by atoms with van der Waals surface area (Å²) in [6.45, 7) is 6.22. The number of hydrogen-bond acceptors (Lipinski definition) is 4. The molecular formula is C16H28N4S2. The average Bonchev–Trinajstić information content (AvgIpc) is 2.89. The minimum Gasteiger partial charge on any atom is -0.355 e. The summed E-state index contributed by atoms with van der Waals surface area (Å²) in [6, 6.07) is 0. The standard InChI is InChI=1S/C16H28N4S2/c1-16(2,21-5)11-18-15(17-3)20(4)10-14-19-12-8-6-7-9-13(12)22-14/h6-11H2,1-5H3,(H,17,18). The van der Waals surface area contributed by atoms with Crippen LogP contribution in [0, 0.1) is 0 Å². The van der Waals surface area contributed by atoms with Crippen molar-refractivity contribution >= 4 is 29.1 Å². The van der Waals surface area contributed by atoms with Gasteiger partial charge in [0.2, 0.25) is 0 Å². The van der Waals surface area contributed by atoms with Crippen molar-refractivity contribution in [1.82, 2.24) is 15.2 Å². The van der Waals surface area contributed by atoms with E-state index in [1.54, 1.807) is 0 Å². The van der Waals surface area contributed by atoms with Crippen LogP contribution in [0.5, 0.6) is 0 Å². The molecule has 0 saturated carbocycles. The predicted octanol–water partition coefficient (Wildman–Crippen LogP) is 3.17. The van der Waals surface area contributed by atoms with Crippen molar-refractivity contribution in [2.45, 2.75) is 50.8 Å². The van der Waals surface area contributed by atoms with Crippen molar-refractivity contribution in [3.05, 3.63) is 15.6 Å². The number of thiazole rings is 1. The number of aliphatic imine (C=N–C) groups is 1. The first-order valence-electron chi connectivity index (χ1n) is 7.89. The van der Waals surface area contributed by atoms with E-state index in [9.17, 15) is 0 Å². The number of fused-ring (bicyclic) bond motifs is 1. The van der Waals surface area contributed by atoms with Gasteiger partial charge in [-0.1, -0.05) is 0 Å². The number of nitrogens with one attached hydrogen (secondary N) is 1. The highest BCUT2D eigenvalue weighted by atomic mass is 32.2. The van der Waals surface area contributed by atoms with Gasteiger partial charge in [0, 0.05) is 30.3 Å². The largest absolute Gasteiger partial charge is 0.355 e. The van der Waals surface area contributed by atoms with Gasteiger partial charge < -0.3 is 10.2 Å². The molecule has 1 aromatic rings. The van der Waals surface area contributed by atoms with Crippen LogP contribution < -0.4 is 5.32 Å². The molecule has 0 unspecified atom stereocenters. The molecule has 0 saturated heterocycles. The van der Waals surface area contributed by atoms with E-state index in [-0.39, 0.29) is 4.75 Å². The smallest absolute Gasteiger partial charge is 0.193 e. The van der Waals surface area contributed by atoms with Gasteiger partial charge in [0.15, 0.2) is 5.96 Å². The molecule has 1 aromatic heterocycles. The van der Waals surface area contributed by atoms with Gasteiger partial charge in [-0.2, -0.15) is 11.8 Å². The van der Waals surface area contributed by atoms with Crippen LogP contribution >= 0.6 is 23.1 Å². The number of thioether (sulfide) groups is 1. The van der Waals surface area contributed by atoms with E-state index < -0.39 is 0 Å². The molecule has 4 nitrogen and oxygen atoms in total. The van der Waals surface area contributed by atoms with Gasteiger partial charge in [-0.05, 0) is 45.8 Å². The maximum Gasteiger partial charge on any atom is 0.193 e. The van der Waals surface area contributed by atoms with Crippen LogP contribution in [0.4, 0.5) is 0 Å². The molecule has 0 fully saturated rings. The molecule has 2 rings (SSSR count). The van der Waals surface area contributed by atoms with Crippen LogP contribution in [0.2, 0.25) is 0 Å². The lowest BCUT2D eigenvalue weighted by atomic mass is 10.0. The number of hydrogen-bond donors (Lipinski definition) is 1. The van der Waals surface area contributed by atoms with Crippen LogP contribution in [-0.2, 0) is 19.4 Å². The molecular weight excluding hydrogens is 312 g/mol. The third-order valence-electron chi connectivity index (χ3n) is 4.06. The molecule has 0 atom stereocenters. The highest BCUT2D eigenvalue weighted by molar-refractivity contribution is 7.99. The maximum atomic E-state index is 4.82. The number of aryl methyl sites for hydroxylation is 2. The van der Waals surface area contributed by atoms with E-state index in [0.29, 0.717) is 0 Å². The molecule has 1 aliphatic rings. The fourth-order valence-electron chi connectivity index (χ4n) is 2.50. The molecule has 1 aliphatic carbocycles.